The standard InChI is InChI=1S/C15H18Cl2N2O2/c1-11(20)19(12-4-5-13(16)14(17)10-12)9-6-15(21)18-7-2-3-8-18/h4-5,10H,2-3,6-9H2,1H3. The molecular formula is C15H18Cl2N2O2. The van der Waals surface area contributed by atoms with E-state index in [1.807, 2.05) is 4.90 Å². The van der Waals surface area contributed by atoms with Crippen LogP contribution in [-0.4, -0.2) is 36.3 Å². The lowest BCUT2D eigenvalue weighted by atomic mass is 10.2. The number of amides is 2. The molecule has 2 rings (SSSR count). The topological polar surface area (TPSA) is 40.6 Å². The van der Waals surface area contributed by atoms with Crippen LogP contribution in [0.3, 0.4) is 0 Å². The predicted octanol–water partition coefficient (Wildman–Crippen LogP) is 3.36. The maximum atomic E-state index is 12.1. The average molecular weight is 329 g/mol. The lowest BCUT2D eigenvalue weighted by molar-refractivity contribution is -0.129. The van der Waals surface area contributed by atoms with Crippen molar-refractivity contribution < 1.29 is 9.59 Å². The molecule has 0 N–H and O–H groups in total. The summed E-state index contributed by atoms with van der Waals surface area (Å²) in [5.74, 6) is -0.0265. The molecule has 1 aliphatic rings. The van der Waals surface area contributed by atoms with Gasteiger partial charge in [0.15, 0.2) is 0 Å². The molecule has 0 unspecified atom stereocenters. The molecule has 1 saturated heterocycles. The van der Waals surface area contributed by atoms with Crippen LogP contribution in [-0.2, 0) is 9.59 Å². The Labute approximate surface area is 134 Å². The van der Waals surface area contributed by atoms with Crippen LogP contribution in [0.2, 0.25) is 10.0 Å². The van der Waals surface area contributed by atoms with Gasteiger partial charge >= 0.3 is 0 Å². The summed E-state index contributed by atoms with van der Waals surface area (Å²) in [6.07, 6.45) is 2.45. The largest absolute Gasteiger partial charge is 0.343 e. The van der Waals surface area contributed by atoms with E-state index in [4.69, 9.17) is 23.2 Å². The monoisotopic (exact) mass is 328 g/mol. The minimum Gasteiger partial charge on any atom is -0.343 e. The van der Waals surface area contributed by atoms with E-state index in [1.165, 1.54) is 6.92 Å². The molecule has 2 amide bonds. The molecule has 1 aliphatic heterocycles. The third-order valence-electron chi connectivity index (χ3n) is 3.60. The summed E-state index contributed by atoms with van der Waals surface area (Å²) in [6.45, 7) is 3.48. The maximum Gasteiger partial charge on any atom is 0.224 e. The van der Waals surface area contributed by atoms with Gasteiger partial charge < -0.3 is 9.80 Å². The van der Waals surface area contributed by atoms with Crippen molar-refractivity contribution in [1.29, 1.82) is 0 Å². The molecule has 6 heteroatoms. The highest BCUT2D eigenvalue weighted by atomic mass is 35.5. The normalized spacial score (nSPS) is 14.3. The van der Waals surface area contributed by atoms with Gasteiger partial charge in [0, 0.05) is 38.7 Å². The third kappa shape index (κ3) is 4.11. The Balaban J connectivity index is 2.03. The van der Waals surface area contributed by atoms with Crippen molar-refractivity contribution >= 4 is 40.7 Å². The van der Waals surface area contributed by atoms with E-state index in [2.05, 4.69) is 0 Å². The van der Waals surface area contributed by atoms with Crippen molar-refractivity contribution in [3.8, 4) is 0 Å². The first kappa shape index (κ1) is 16.1. The number of nitrogens with zero attached hydrogens (tertiary/aromatic N) is 2. The van der Waals surface area contributed by atoms with E-state index >= 15 is 0 Å². The highest BCUT2D eigenvalue weighted by molar-refractivity contribution is 6.42. The van der Waals surface area contributed by atoms with Gasteiger partial charge in [-0.1, -0.05) is 23.2 Å². The predicted molar refractivity (Wildman–Crippen MR) is 84.9 cm³/mol. The maximum absolute atomic E-state index is 12.1. The summed E-state index contributed by atoms with van der Waals surface area (Å²) in [5, 5.41) is 0.836. The van der Waals surface area contributed by atoms with Crippen molar-refractivity contribution in [2.24, 2.45) is 0 Å². The minimum atomic E-state index is -0.123. The van der Waals surface area contributed by atoms with Gasteiger partial charge in [0.1, 0.15) is 0 Å². The fourth-order valence-corrected chi connectivity index (χ4v) is 2.75. The molecule has 114 valence electrons. The zero-order valence-corrected chi connectivity index (χ0v) is 13.5. The van der Waals surface area contributed by atoms with Crippen molar-refractivity contribution in [1.82, 2.24) is 4.90 Å². The summed E-state index contributed by atoms with van der Waals surface area (Å²) in [6, 6.07) is 5.03. The van der Waals surface area contributed by atoms with Crippen molar-refractivity contribution in [3.05, 3.63) is 28.2 Å². The van der Waals surface area contributed by atoms with Crippen LogP contribution in [0.1, 0.15) is 26.2 Å². The average Bonchev–Trinajstić information content (AvgIpc) is 2.96. The molecule has 0 atom stereocenters. The van der Waals surface area contributed by atoms with Gasteiger partial charge in [-0.25, -0.2) is 0 Å². The van der Waals surface area contributed by atoms with Crippen LogP contribution in [0.5, 0.6) is 0 Å². The highest BCUT2D eigenvalue weighted by Gasteiger charge is 2.20. The van der Waals surface area contributed by atoms with Crippen LogP contribution in [0.15, 0.2) is 18.2 Å². The van der Waals surface area contributed by atoms with Crippen LogP contribution >= 0.6 is 23.2 Å². The number of rotatable bonds is 4. The van der Waals surface area contributed by atoms with Crippen molar-refractivity contribution in [3.63, 3.8) is 0 Å². The van der Waals surface area contributed by atoms with Crippen LogP contribution in [0.25, 0.3) is 0 Å². The molecule has 21 heavy (non-hydrogen) atoms. The van der Waals surface area contributed by atoms with Gasteiger partial charge in [-0.2, -0.15) is 0 Å². The first-order valence-electron chi connectivity index (χ1n) is 7.00. The van der Waals surface area contributed by atoms with E-state index in [0.29, 0.717) is 28.7 Å². The second-order valence-corrected chi connectivity index (χ2v) is 5.92. The molecule has 1 aromatic carbocycles. The molecule has 0 saturated carbocycles. The Morgan fingerprint density at radius 3 is 2.43 bits per heavy atom. The van der Waals surface area contributed by atoms with Gasteiger partial charge in [-0.05, 0) is 31.0 Å². The van der Waals surface area contributed by atoms with Gasteiger partial charge in [0.05, 0.1) is 10.0 Å². The molecule has 0 radical (unpaired) electrons. The first-order valence-corrected chi connectivity index (χ1v) is 7.75. The van der Waals surface area contributed by atoms with Gasteiger partial charge in [0.2, 0.25) is 11.8 Å². The van der Waals surface area contributed by atoms with Crippen LogP contribution < -0.4 is 4.90 Å². The molecular weight excluding hydrogens is 311 g/mol. The molecule has 0 spiro atoms. The third-order valence-corrected chi connectivity index (χ3v) is 4.34. The lowest BCUT2D eigenvalue weighted by Gasteiger charge is -2.23. The summed E-state index contributed by atoms with van der Waals surface area (Å²) >= 11 is 11.9. The SMILES string of the molecule is CC(=O)N(CCC(=O)N1CCCC1)c1ccc(Cl)c(Cl)c1. The minimum absolute atomic E-state index is 0.0961. The van der Waals surface area contributed by atoms with Gasteiger partial charge in [-0.15, -0.1) is 0 Å². The Morgan fingerprint density at radius 2 is 1.86 bits per heavy atom. The molecule has 1 fully saturated rings. The molecule has 0 aromatic heterocycles. The molecule has 1 aromatic rings. The van der Waals surface area contributed by atoms with E-state index in [0.717, 1.165) is 25.9 Å². The number of halogens is 2. The van der Waals surface area contributed by atoms with E-state index in [9.17, 15) is 9.59 Å². The summed E-state index contributed by atoms with van der Waals surface area (Å²) in [5.41, 5.74) is 0.658. The lowest BCUT2D eigenvalue weighted by Crippen LogP contribution is -2.35. The molecule has 0 bridgehead atoms. The van der Waals surface area contributed by atoms with E-state index in [1.54, 1.807) is 23.1 Å². The molecule has 0 aliphatic carbocycles. The number of likely N-dealkylation sites (tertiary alicyclic amines) is 1. The van der Waals surface area contributed by atoms with Gasteiger partial charge in [0.25, 0.3) is 0 Å². The first-order chi connectivity index (χ1) is 9.99. The Bertz CT molecular complexity index is 542. The second-order valence-electron chi connectivity index (χ2n) is 5.11. The number of carbonyl (C=O) groups excluding carboxylic acids is 2. The number of benzene rings is 1. The number of hydrogen-bond donors (Lipinski definition) is 0. The number of anilines is 1. The fraction of sp³-hybridized carbons (Fsp3) is 0.467. The summed E-state index contributed by atoms with van der Waals surface area (Å²) < 4.78 is 0. The Hall–Kier alpha value is -1.26. The summed E-state index contributed by atoms with van der Waals surface area (Å²) in [7, 11) is 0. The van der Waals surface area contributed by atoms with E-state index in [-0.39, 0.29) is 11.8 Å². The second kappa shape index (κ2) is 7.14. The van der Waals surface area contributed by atoms with Crippen molar-refractivity contribution in [2.75, 3.05) is 24.5 Å². The molecule has 1 heterocycles. The highest BCUT2D eigenvalue weighted by Crippen LogP contribution is 2.27. The Morgan fingerprint density at radius 1 is 1.19 bits per heavy atom. The zero-order chi connectivity index (χ0) is 15.4. The van der Waals surface area contributed by atoms with E-state index < -0.39 is 0 Å². The van der Waals surface area contributed by atoms with Crippen molar-refractivity contribution in [2.45, 2.75) is 26.2 Å². The molecule has 4 nitrogen and oxygen atoms in total. The fourth-order valence-electron chi connectivity index (χ4n) is 2.45. The summed E-state index contributed by atoms with van der Waals surface area (Å²) in [4.78, 5) is 27.3. The van der Waals surface area contributed by atoms with Crippen LogP contribution in [0.4, 0.5) is 5.69 Å². The van der Waals surface area contributed by atoms with Crippen LogP contribution in [0, 0.1) is 0 Å². The zero-order valence-electron chi connectivity index (χ0n) is 11.9. The quantitative estimate of drug-likeness (QED) is 0.850. The smallest absolute Gasteiger partial charge is 0.224 e. The van der Waals surface area contributed by atoms with Gasteiger partial charge in [-0.3, -0.25) is 9.59 Å². The Kier molecular flexibility index (Phi) is 5.48. The number of carbonyl (C=O) groups is 2. The number of hydrogen-bond acceptors (Lipinski definition) is 2.